The Balaban J connectivity index is 2.69. The highest BCUT2D eigenvalue weighted by Crippen LogP contribution is 2.11. The fraction of sp³-hybridized carbons (Fsp3) is 0.250. The number of rotatable bonds is 2. The Morgan fingerprint density at radius 3 is 2.40 bits per heavy atom. The highest BCUT2D eigenvalue weighted by molar-refractivity contribution is 5.34. The van der Waals surface area contributed by atoms with Crippen molar-refractivity contribution in [1.82, 2.24) is 0 Å². The van der Waals surface area contributed by atoms with Crippen LogP contribution in [0.3, 0.4) is 0 Å². The van der Waals surface area contributed by atoms with Gasteiger partial charge in [0.25, 0.3) is 0 Å². The van der Waals surface area contributed by atoms with Gasteiger partial charge < -0.3 is 10.5 Å². The normalized spacial score (nSPS) is 9.40. The third-order valence-electron chi connectivity index (χ3n) is 1.23. The lowest BCUT2D eigenvalue weighted by molar-refractivity contribution is -0.254. The molecule has 0 unspecified atom stereocenters. The van der Waals surface area contributed by atoms with E-state index in [0.29, 0.717) is 0 Å². The molecular weight excluding hydrogens is 126 g/mol. The molecule has 0 atom stereocenters. The second kappa shape index (κ2) is 3.22. The van der Waals surface area contributed by atoms with Gasteiger partial charge in [-0.3, -0.25) is 0 Å². The average molecular weight is 138 g/mol. The first-order valence-corrected chi connectivity index (χ1v) is 3.37. The van der Waals surface area contributed by atoms with E-state index in [4.69, 9.17) is 4.74 Å². The third-order valence-corrected chi connectivity index (χ3v) is 1.23. The number of quaternary nitrogens is 1. The average Bonchev–Trinajstić information content (AvgIpc) is 1.95. The molecule has 2 heteroatoms. The van der Waals surface area contributed by atoms with E-state index in [1.807, 2.05) is 31.2 Å². The van der Waals surface area contributed by atoms with Crippen molar-refractivity contribution in [2.45, 2.75) is 6.92 Å². The molecule has 2 nitrogen and oxygen atoms in total. The van der Waals surface area contributed by atoms with Crippen LogP contribution < -0.4 is 10.5 Å². The summed E-state index contributed by atoms with van der Waals surface area (Å²) in [5.74, 6) is 0.912. The number of hydrogen-bond acceptors (Lipinski definition) is 1. The first-order valence-electron chi connectivity index (χ1n) is 3.37. The molecule has 0 radical (unpaired) electrons. The molecule has 3 N–H and O–H groups in total. The quantitative estimate of drug-likeness (QED) is 0.649. The maximum atomic E-state index is 5.23. The molecular formula is C8H12NO+. The van der Waals surface area contributed by atoms with E-state index in [2.05, 4.69) is 5.73 Å². The Kier molecular flexibility index (Phi) is 2.29. The summed E-state index contributed by atoms with van der Waals surface area (Å²) in [5.41, 5.74) is 4.78. The molecule has 0 bridgehead atoms. The summed E-state index contributed by atoms with van der Waals surface area (Å²) in [5, 5.41) is 0. The zero-order valence-corrected chi connectivity index (χ0v) is 6.13. The SMILES string of the molecule is CCOc1ccc([NH3+])cc1. The van der Waals surface area contributed by atoms with E-state index in [1.54, 1.807) is 0 Å². The summed E-state index contributed by atoms with van der Waals surface area (Å²) in [6.07, 6.45) is 0. The van der Waals surface area contributed by atoms with Gasteiger partial charge in [-0.15, -0.1) is 0 Å². The zero-order chi connectivity index (χ0) is 7.40. The first kappa shape index (κ1) is 7.09. The van der Waals surface area contributed by atoms with Crippen LogP contribution in [0.2, 0.25) is 0 Å². The minimum atomic E-state index is 0.719. The van der Waals surface area contributed by atoms with E-state index in [0.717, 1.165) is 18.0 Å². The molecule has 0 aliphatic rings. The van der Waals surface area contributed by atoms with Gasteiger partial charge in [0.05, 0.1) is 6.61 Å². The second-order valence-corrected chi connectivity index (χ2v) is 2.08. The maximum absolute atomic E-state index is 5.23. The Morgan fingerprint density at radius 2 is 1.90 bits per heavy atom. The molecule has 1 aromatic rings. The summed E-state index contributed by atoms with van der Waals surface area (Å²) in [6.45, 7) is 2.69. The molecule has 54 valence electrons. The van der Waals surface area contributed by atoms with Gasteiger partial charge in [-0.25, -0.2) is 0 Å². The van der Waals surface area contributed by atoms with E-state index >= 15 is 0 Å². The molecule has 0 heterocycles. The van der Waals surface area contributed by atoms with Crippen LogP contribution in [-0.4, -0.2) is 6.61 Å². The van der Waals surface area contributed by atoms with Gasteiger partial charge in [-0.05, 0) is 19.1 Å². The van der Waals surface area contributed by atoms with Crippen LogP contribution in [-0.2, 0) is 0 Å². The molecule has 0 aromatic heterocycles. The summed E-state index contributed by atoms with van der Waals surface area (Å²) in [6, 6.07) is 7.72. The minimum Gasteiger partial charge on any atom is -0.494 e. The minimum absolute atomic E-state index is 0.719. The molecule has 0 saturated carbocycles. The van der Waals surface area contributed by atoms with Crippen molar-refractivity contribution >= 4 is 5.69 Å². The lowest BCUT2D eigenvalue weighted by Gasteiger charge is -1.99. The topological polar surface area (TPSA) is 36.9 Å². The van der Waals surface area contributed by atoms with E-state index in [9.17, 15) is 0 Å². The van der Waals surface area contributed by atoms with Crippen LogP contribution in [0.15, 0.2) is 24.3 Å². The Hall–Kier alpha value is -1.02. The number of hydrogen-bond donors (Lipinski definition) is 1. The molecule has 0 aliphatic heterocycles. The maximum Gasteiger partial charge on any atom is 0.128 e. The van der Waals surface area contributed by atoms with Crippen molar-refractivity contribution in [1.29, 1.82) is 0 Å². The van der Waals surface area contributed by atoms with Crippen LogP contribution in [0.5, 0.6) is 5.75 Å². The van der Waals surface area contributed by atoms with Crippen LogP contribution >= 0.6 is 0 Å². The first-order chi connectivity index (χ1) is 4.83. The smallest absolute Gasteiger partial charge is 0.128 e. The van der Waals surface area contributed by atoms with Crippen LogP contribution in [0.25, 0.3) is 0 Å². The molecule has 0 fully saturated rings. The summed E-state index contributed by atoms with van der Waals surface area (Å²) in [4.78, 5) is 0. The van der Waals surface area contributed by atoms with Gasteiger partial charge in [-0.2, -0.15) is 0 Å². The van der Waals surface area contributed by atoms with Gasteiger partial charge in [0.2, 0.25) is 0 Å². The van der Waals surface area contributed by atoms with Gasteiger partial charge in [0.15, 0.2) is 0 Å². The van der Waals surface area contributed by atoms with Gasteiger partial charge in [0, 0.05) is 12.1 Å². The summed E-state index contributed by atoms with van der Waals surface area (Å²) >= 11 is 0. The molecule has 0 spiro atoms. The number of ether oxygens (including phenoxy) is 1. The fourth-order valence-electron chi connectivity index (χ4n) is 0.752. The van der Waals surface area contributed by atoms with Crippen molar-refractivity contribution in [2.24, 2.45) is 0 Å². The van der Waals surface area contributed by atoms with Crippen LogP contribution in [0.4, 0.5) is 5.69 Å². The van der Waals surface area contributed by atoms with Crippen LogP contribution in [0.1, 0.15) is 6.92 Å². The highest BCUT2D eigenvalue weighted by Gasteiger charge is 1.90. The highest BCUT2D eigenvalue weighted by atomic mass is 16.5. The lowest BCUT2D eigenvalue weighted by Crippen LogP contribution is -2.39. The van der Waals surface area contributed by atoms with Crippen LogP contribution in [0, 0.1) is 0 Å². The largest absolute Gasteiger partial charge is 0.494 e. The third kappa shape index (κ3) is 1.74. The van der Waals surface area contributed by atoms with E-state index in [1.165, 1.54) is 0 Å². The Labute approximate surface area is 60.6 Å². The molecule has 1 aromatic carbocycles. The predicted molar refractivity (Wildman–Crippen MR) is 40.2 cm³/mol. The van der Waals surface area contributed by atoms with Crippen molar-refractivity contribution in [3.63, 3.8) is 0 Å². The standard InChI is InChI=1S/C8H11NO/c1-2-10-8-5-3-7(9)4-6-8/h3-6H,2,9H2,1H3/p+1. The zero-order valence-electron chi connectivity index (χ0n) is 6.13. The van der Waals surface area contributed by atoms with E-state index in [-0.39, 0.29) is 0 Å². The number of benzene rings is 1. The van der Waals surface area contributed by atoms with E-state index < -0.39 is 0 Å². The van der Waals surface area contributed by atoms with Gasteiger partial charge in [0.1, 0.15) is 11.4 Å². The van der Waals surface area contributed by atoms with Crippen molar-refractivity contribution < 1.29 is 10.5 Å². The van der Waals surface area contributed by atoms with Crippen molar-refractivity contribution in [3.8, 4) is 5.75 Å². The molecule has 0 saturated heterocycles. The Morgan fingerprint density at radius 1 is 1.30 bits per heavy atom. The summed E-state index contributed by atoms with van der Waals surface area (Å²) in [7, 11) is 0. The second-order valence-electron chi connectivity index (χ2n) is 2.08. The van der Waals surface area contributed by atoms with Gasteiger partial charge >= 0.3 is 0 Å². The summed E-state index contributed by atoms with van der Waals surface area (Å²) < 4.78 is 5.23. The predicted octanol–water partition coefficient (Wildman–Crippen LogP) is 0.959. The van der Waals surface area contributed by atoms with Crippen molar-refractivity contribution in [3.05, 3.63) is 24.3 Å². The molecule has 10 heavy (non-hydrogen) atoms. The molecule has 0 amide bonds. The molecule has 1 rings (SSSR count). The fourth-order valence-corrected chi connectivity index (χ4v) is 0.752. The Bertz CT molecular complexity index is 193. The molecule has 0 aliphatic carbocycles. The monoisotopic (exact) mass is 138 g/mol. The van der Waals surface area contributed by atoms with Gasteiger partial charge in [-0.1, -0.05) is 0 Å². The van der Waals surface area contributed by atoms with Crippen molar-refractivity contribution in [2.75, 3.05) is 6.61 Å². The lowest BCUT2D eigenvalue weighted by atomic mass is 10.3.